The number of nitrogens with one attached hydrogen (secondary N) is 2. The fraction of sp³-hybridized carbons (Fsp3) is 0.294. The van der Waals surface area contributed by atoms with Crippen molar-refractivity contribution in [3.8, 4) is 0 Å². The zero-order valence-corrected chi connectivity index (χ0v) is 14.6. The number of halogens is 1. The lowest BCUT2D eigenvalue weighted by Crippen LogP contribution is -2.42. The van der Waals surface area contributed by atoms with Gasteiger partial charge >= 0.3 is 0 Å². The summed E-state index contributed by atoms with van der Waals surface area (Å²) >= 11 is 1.63. The Morgan fingerprint density at radius 3 is 2.67 bits per heavy atom. The minimum atomic E-state index is -0.289. The van der Waals surface area contributed by atoms with Crippen molar-refractivity contribution in [1.82, 2.24) is 15.5 Å². The van der Waals surface area contributed by atoms with E-state index >= 15 is 0 Å². The van der Waals surface area contributed by atoms with Crippen molar-refractivity contribution in [2.24, 2.45) is 4.99 Å². The Kier molecular flexibility index (Phi) is 6.74. The molecule has 1 amide bonds. The minimum Gasteiger partial charge on any atom is -0.351 e. The van der Waals surface area contributed by atoms with Gasteiger partial charge in [0.1, 0.15) is 5.82 Å². The number of likely N-dealkylation sites (N-methyl/N-ethyl adjacent to an activating group) is 1. The Labute approximate surface area is 145 Å². The van der Waals surface area contributed by atoms with E-state index in [4.69, 9.17) is 0 Å². The van der Waals surface area contributed by atoms with Gasteiger partial charge in [0.2, 0.25) is 5.91 Å². The largest absolute Gasteiger partial charge is 0.351 e. The Morgan fingerprint density at radius 2 is 2.00 bits per heavy atom. The fourth-order valence-corrected chi connectivity index (χ4v) is 2.51. The van der Waals surface area contributed by atoms with E-state index in [1.807, 2.05) is 17.5 Å². The monoisotopic (exact) mass is 348 g/mol. The van der Waals surface area contributed by atoms with E-state index in [0.29, 0.717) is 18.1 Å². The number of rotatable bonds is 6. The summed E-state index contributed by atoms with van der Waals surface area (Å²) in [7, 11) is 3.39. The third kappa shape index (κ3) is 5.66. The number of carbonyl (C=O) groups is 1. The molecule has 2 aromatic rings. The van der Waals surface area contributed by atoms with Crippen LogP contribution in [0.4, 0.5) is 4.39 Å². The van der Waals surface area contributed by atoms with Gasteiger partial charge in [-0.3, -0.25) is 4.79 Å². The van der Waals surface area contributed by atoms with E-state index in [0.717, 1.165) is 4.88 Å². The molecule has 2 N–H and O–H groups in total. The molecule has 24 heavy (non-hydrogen) atoms. The molecular formula is C17H21FN4OS. The number of benzene rings is 1. The highest BCUT2D eigenvalue weighted by Gasteiger charge is 2.07. The van der Waals surface area contributed by atoms with Crippen molar-refractivity contribution < 1.29 is 9.18 Å². The molecule has 0 radical (unpaired) electrons. The molecule has 0 bridgehead atoms. The molecule has 0 saturated heterocycles. The van der Waals surface area contributed by atoms with Crippen LogP contribution in [0.3, 0.4) is 0 Å². The van der Waals surface area contributed by atoms with Gasteiger partial charge in [-0.15, -0.1) is 11.3 Å². The van der Waals surface area contributed by atoms with Gasteiger partial charge in [-0.2, -0.15) is 0 Å². The van der Waals surface area contributed by atoms with Crippen molar-refractivity contribution in [2.75, 3.05) is 20.6 Å². The van der Waals surface area contributed by atoms with Gasteiger partial charge < -0.3 is 15.5 Å². The molecular weight excluding hydrogens is 327 g/mol. The average Bonchev–Trinajstić information content (AvgIpc) is 3.08. The van der Waals surface area contributed by atoms with E-state index in [2.05, 4.69) is 15.6 Å². The zero-order valence-electron chi connectivity index (χ0n) is 13.8. The lowest BCUT2D eigenvalue weighted by molar-refractivity contribution is -0.127. The minimum absolute atomic E-state index is 0.0634. The SMILES string of the molecule is CN(C)C(=O)CNC(=NCc1ccccc1F)NCc1cccs1. The third-order valence-electron chi connectivity index (χ3n) is 3.28. The lowest BCUT2D eigenvalue weighted by Gasteiger charge is -2.14. The first-order valence-corrected chi connectivity index (χ1v) is 8.42. The van der Waals surface area contributed by atoms with Crippen LogP contribution in [0, 0.1) is 5.82 Å². The molecule has 0 fully saturated rings. The van der Waals surface area contributed by atoms with Crippen LogP contribution in [-0.2, 0) is 17.9 Å². The number of nitrogens with zero attached hydrogens (tertiary/aromatic N) is 2. The predicted molar refractivity (Wildman–Crippen MR) is 95.4 cm³/mol. The van der Waals surface area contributed by atoms with E-state index in [1.165, 1.54) is 11.0 Å². The van der Waals surface area contributed by atoms with Crippen molar-refractivity contribution in [3.05, 3.63) is 58.0 Å². The first-order valence-electron chi connectivity index (χ1n) is 7.54. The number of amides is 1. The van der Waals surface area contributed by atoms with E-state index in [1.54, 1.807) is 43.6 Å². The molecule has 5 nitrogen and oxygen atoms in total. The van der Waals surface area contributed by atoms with E-state index in [-0.39, 0.29) is 24.8 Å². The molecule has 7 heteroatoms. The summed E-state index contributed by atoms with van der Waals surface area (Å²) in [5.74, 6) is 0.122. The molecule has 1 aromatic carbocycles. The molecule has 1 heterocycles. The Balaban J connectivity index is 2.01. The number of thiophene rings is 1. The van der Waals surface area contributed by atoms with Crippen molar-refractivity contribution in [1.29, 1.82) is 0 Å². The molecule has 0 aliphatic carbocycles. The van der Waals surface area contributed by atoms with E-state index < -0.39 is 0 Å². The van der Waals surface area contributed by atoms with Crippen molar-refractivity contribution in [3.63, 3.8) is 0 Å². The molecule has 0 aliphatic heterocycles. The highest BCUT2D eigenvalue weighted by Crippen LogP contribution is 2.08. The second kappa shape index (κ2) is 9.02. The maximum absolute atomic E-state index is 13.7. The Morgan fingerprint density at radius 1 is 1.21 bits per heavy atom. The lowest BCUT2D eigenvalue weighted by atomic mass is 10.2. The molecule has 2 rings (SSSR count). The highest BCUT2D eigenvalue weighted by molar-refractivity contribution is 7.09. The van der Waals surface area contributed by atoms with Gasteiger partial charge in [-0.05, 0) is 17.5 Å². The predicted octanol–water partition coefficient (Wildman–Crippen LogP) is 2.21. The second-order valence-electron chi connectivity index (χ2n) is 5.33. The summed E-state index contributed by atoms with van der Waals surface area (Å²) in [5.41, 5.74) is 0.508. The molecule has 0 saturated carbocycles. The summed E-state index contributed by atoms with van der Waals surface area (Å²) in [6.07, 6.45) is 0. The number of hydrogen-bond acceptors (Lipinski definition) is 3. The van der Waals surface area contributed by atoms with Crippen LogP contribution in [0.2, 0.25) is 0 Å². The molecule has 128 valence electrons. The summed E-state index contributed by atoms with van der Waals surface area (Å²) in [6.45, 7) is 0.917. The van der Waals surface area contributed by atoms with Crippen LogP contribution in [0.1, 0.15) is 10.4 Å². The quantitative estimate of drug-likeness (QED) is 0.622. The van der Waals surface area contributed by atoms with Crippen molar-refractivity contribution >= 4 is 23.2 Å². The van der Waals surface area contributed by atoms with Crippen LogP contribution in [0.15, 0.2) is 46.8 Å². The first-order chi connectivity index (χ1) is 11.6. The van der Waals surface area contributed by atoms with Crippen LogP contribution in [0.25, 0.3) is 0 Å². The second-order valence-corrected chi connectivity index (χ2v) is 6.36. The molecule has 1 aromatic heterocycles. The van der Waals surface area contributed by atoms with Gasteiger partial charge in [0.05, 0.1) is 19.6 Å². The number of guanidine groups is 1. The number of carbonyl (C=O) groups excluding carboxylic acids is 1. The Hall–Kier alpha value is -2.41. The third-order valence-corrected chi connectivity index (χ3v) is 4.16. The van der Waals surface area contributed by atoms with Gasteiger partial charge in [-0.25, -0.2) is 9.38 Å². The van der Waals surface area contributed by atoms with Gasteiger partial charge in [0.15, 0.2) is 5.96 Å². The van der Waals surface area contributed by atoms with Crippen LogP contribution >= 0.6 is 11.3 Å². The Bertz CT molecular complexity index is 686. The number of aliphatic imine (C=N–C) groups is 1. The maximum Gasteiger partial charge on any atom is 0.241 e. The first kappa shape index (κ1) is 17.9. The summed E-state index contributed by atoms with van der Waals surface area (Å²) < 4.78 is 13.7. The summed E-state index contributed by atoms with van der Waals surface area (Å²) in [4.78, 5) is 18.8. The molecule has 0 atom stereocenters. The van der Waals surface area contributed by atoms with E-state index in [9.17, 15) is 9.18 Å². The molecule has 0 spiro atoms. The van der Waals surface area contributed by atoms with Gasteiger partial charge in [-0.1, -0.05) is 24.3 Å². The fourth-order valence-electron chi connectivity index (χ4n) is 1.87. The number of hydrogen-bond donors (Lipinski definition) is 2. The van der Waals surface area contributed by atoms with Crippen molar-refractivity contribution in [2.45, 2.75) is 13.1 Å². The highest BCUT2D eigenvalue weighted by atomic mass is 32.1. The standard InChI is InChI=1S/C17H21FN4OS/c1-22(2)16(23)12-21-17(20-11-14-7-5-9-24-14)19-10-13-6-3-4-8-15(13)18/h3-9H,10-12H2,1-2H3,(H2,19,20,21). The molecule has 0 aliphatic rings. The smallest absolute Gasteiger partial charge is 0.241 e. The van der Waals surface area contributed by atoms with Crippen LogP contribution in [-0.4, -0.2) is 37.4 Å². The summed E-state index contributed by atoms with van der Waals surface area (Å²) in [5, 5.41) is 8.14. The topological polar surface area (TPSA) is 56.7 Å². The van der Waals surface area contributed by atoms with Gasteiger partial charge in [0, 0.05) is 24.5 Å². The van der Waals surface area contributed by atoms with Crippen LogP contribution in [0.5, 0.6) is 0 Å². The van der Waals surface area contributed by atoms with Crippen LogP contribution < -0.4 is 10.6 Å². The summed E-state index contributed by atoms with van der Waals surface area (Å²) in [6, 6.07) is 10.5. The maximum atomic E-state index is 13.7. The average molecular weight is 348 g/mol. The molecule has 0 unspecified atom stereocenters. The zero-order chi connectivity index (χ0) is 17.4. The normalized spacial score (nSPS) is 11.2. The van der Waals surface area contributed by atoms with Gasteiger partial charge in [0.25, 0.3) is 0 Å².